The first-order chi connectivity index (χ1) is 16.6. The highest BCUT2D eigenvalue weighted by Gasteiger charge is 2.28. The molecular formula is C28H42N4O2. The normalized spacial score (nSPS) is 14.1. The molecule has 1 aliphatic rings. The molecule has 0 unspecified atom stereocenters. The minimum Gasteiger partial charge on any atom is -0.345 e. The molecule has 2 aromatic rings. The van der Waals surface area contributed by atoms with Crippen molar-refractivity contribution in [2.75, 3.05) is 19.6 Å². The number of rotatable bonds is 12. The molecule has 1 N–H and O–H groups in total. The quantitative estimate of drug-likeness (QED) is 0.425. The van der Waals surface area contributed by atoms with Crippen LogP contribution < -0.4 is 5.32 Å². The van der Waals surface area contributed by atoms with Crippen molar-refractivity contribution in [1.82, 2.24) is 19.7 Å². The molecule has 3 rings (SSSR count). The summed E-state index contributed by atoms with van der Waals surface area (Å²) in [6.45, 7) is 6.91. The summed E-state index contributed by atoms with van der Waals surface area (Å²) in [4.78, 5) is 30.2. The first kappa shape index (κ1) is 25.9. The second-order valence-electron chi connectivity index (χ2n) is 9.43. The second kappa shape index (κ2) is 13.8. The minimum atomic E-state index is -0.125. The van der Waals surface area contributed by atoms with E-state index in [0.29, 0.717) is 19.6 Å². The number of amides is 3. The Labute approximate surface area is 205 Å². The van der Waals surface area contributed by atoms with Gasteiger partial charge in [-0.3, -0.25) is 4.79 Å². The van der Waals surface area contributed by atoms with E-state index in [9.17, 15) is 9.59 Å². The highest BCUT2D eigenvalue weighted by molar-refractivity contribution is 5.84. The molecule has 1 aromatic carbocycles. The number of urea groups is 1. The molecule has 1 fully saturated rings. The van der Waals surface area contributed by atoms with Crippen molar-refractivity contribution in [2.45, 2.75) is 84.3 Å². The van der Waals surface area contributed by atoms with Gasteiger partial charge in [0.05, 0.1) is 6.54 Å². The lowest BCUT2D eigenvalue weighted by Crippen LogP contribution is -2.50. The Morgan fingerprint density at radius 2 is 1.76 bits per heavy atom. The number of carbonyl (C=O) groups is 2. The molecule has 1 aliphatic carbocycles. The third-order valence-electron chi connectivity index (χ3n) is 6.70. The van der Waals surface area contributed by atoms with Crippen molar-refractivity contribution in [1.29, 1.82) is 0 Å². The zero-order valence-corrected chi connectivity index (χ0v) is 21.0. The lowest BCUT2D eigenvalue weighted by molar-refractivity contribution is -0.135. The number of benzene rings is 1. The topological polar surface area (TPSA) is 57.6 Å². The van der Waals surface area contributed by atoms with Crippen molar-refractivity contribution >= 4 is 11.9 Å². The van der Waals surface area contributed by atoms with Crippen LogP contribution in [0.3, 0.4) is 0 Å². The van der Waals surface area contributed by atoms with Gasteiger partial charge in [0.15, 0.2) is 0 Å². The maximum atomic E-state index is 13.7. The van der Waals surface area contributed by atoms with Gasteiger partial charge in [0, 0.05) is 37.6 Å². The van der Waals surface area contributed by atoms with E-state index in [1.807, 2.05) is 13.0 Å². The number of nitrogens with one attached hydrogen (secondary N) is 1. The summed E-state index contributed by atoms with van der Waals surface area (Å²) in [7, 11) is 0. The Morgan fingerprint density at radius 3 is 2.47 bits per heavy atom. The van der Waals surface area contributed by atoms with Crippen LogP contribution in [0.2, 0.25) is 0 Å². The van der Waals surface area contributed by atoms with Gasteiger partial charge < -0.3 is 19.7 Å². The standard InChI is InChI=1S/C28H42N4O2/c1-3-5-18-29-28(34)31(19-4-2)23-27(33)32(25-15-10-7-11-16-25)22-26-17-12-20-30(26)21-24-13-8-6-9-14-24/h6,8-9,12-14,17,20,25H,3-5,7,10-11,15-16,18-19,21-23H2,1-2H3,(H,29,34). The lowest BCUT2D eigenvalue weighted by atomic mass is 9.94. The van der Waals surface area contributed by atoms with Crippen molar-refractivity contribution < 1.29 is 9.59 Å². The first-order valence-electron chi connectivity index (χ1n) is 13.1. The highest BCUT2D eigenvalue weighted by Crippen LogP contribution is 2.25. The van der Waals surface area contributed by atoms with Crippen LogP contribution in [-0.2, 0) is 17.9 Å². The Kier molecular flexibility index (Phi) is 10.5. The Balaban J connectivity index is 1.73. The summed E-state index contributed by atoms with van der Waals surface area (Å²) in [5.74, 6) is 0.0541. The monoisotopic (exact) mass is 466 g/mol. The third kappa shape index (κ3) is 7.64. The molecular weight excluding hydrogens is 424 g/mol. The van der Waals surface area contributed by atoms with Crippen molar-refractivity contribution in [3.63, 3.8) is 0 Å². The number of carbonyl (C=O) groups excluding carboxylic acids is 2. The van der Waals surface area contributed by atoms with E-state index < -0.39 is 0 Å². The number of hydrogen-bond donors (Lipinski definition) is 1. The van der Waals surface area contributed by atoms with Gasteiger partial charge in [0.25, 0.3) is 0 Å². The van der Waals surface area contributed by atoms with Crippen LogP contribution in [0.25, 0.3) is 0 Å². The molecule has 0 radical (unpaired) electrons. The predicted molar refractivity (Wildman–Crippen MR) is 138 cm³/mol. The highest BCUT2D eigenvalue weighted by atomic mass is 16.2. The van der Waals surface area contributed by atoms with E-state index in [0.717, 1.165) is 57.2 Å². The van der Waals surface area contributed by atoms with Crippen LogP contribution >= 0.6 is 0 Å². The smallest absolute Gasteiger partial charge is 0.317 e. The van der Waals surface area contributed by atoms with Crippen LogP contribution in [0, 0.1) is 0 Å². The van der Waals surface area contributed by atoms with Gasteiger partial charge in [-0.05, 0) is 43.4 Å². The fourth-order valence-electron chi connectivity index (χ4n) is 4.78. The lowest BCUT2D eigenvalue weighted by Gasteiger charge is -2.36. The Bertz CT molecular complexity index is 874. The average molecular weight is 467 g/mol. The van der Waals surface area contributed by atoms with Gasteiger partial charge in [-0.2, -0.15) is 0 Å². The van der Waals surface area contributed by atoms with Crippen LogP contribution in [0.4, 0.5) is 4.79 Å². The molecule has 0 saturated heterocycles. The second-order valence-corrected chi connectivity index (χ2v) is 9.43. The largest absolute Gasteiger partial charge is 0.345 e. The third-order valence-corrected chi connectivity index (χ3v) is 6.70. The number of unbranched alkanes of at least 4 members (excludes halogenated alkanes) is 1. The zero-order chi connectivity index (χ0) is 24.2. The van der Waals surface area contributed by atoms with E-state index in [4.69, 9.17) is 0 Å². The molecule has 0 spiro atoms. The van der Waals surface area contributed by atoms with Crippen LogP contribution in [0.1, 0.15) is 76.5 Å². The van der Waals surface area contributed by atoms with E-state index in [2.05, 4.69) is 64.3 Å². The molecule has 1 heterocycles. The maximum Gasteiger partial charge on any atom is 0.317 e. The summed E-state index contributed by atoms with van der Waals surface area (Å²) >= 11 is 0. The maximum absolute atomic E-state index is 13.7. The number of nitrogens with zero attached hydrogens (tertiary/aromatic N) is 3. The van der Waals surface area contributed by atoms with E-state index >= 15 is 0 Å². The van der Waals surface area contributed by atoms with Gasteiger partial charge in [-0.1, -0.05) is 69.9 Å². The van der Waals surface area contributed by atoms with Gasteiger partial charge >= 0.3 is 6.03 Å². The molecule has 186 valence electrons. The Hall–Kier alpha value is -2.76. The molecule has 1 saturated carbocycles. The summed E-state index contributed by atoms with van der Waals surface area (Å²) in [5.41, 5.74) is 2.38. The molecule has 0 bridgehead atoms. The minimum absolute atomic E-state index is 0.0541. The average Bonchev–Trinajstić information content (AvgIpc) is 3.29. The van der Waals surface area contributed by atoms with Crippen LogP contribution in [0.15, 0.2) is 48.7 Å². The zero-order valence-electron chi connectivity index (χ0n) is 21.0. The SMILES string of the molecule is CCCCNC(=O)N(CCC)CC(=O)N(Cc1cccn1Cc1ccccc1)C1CCCCC1. The van der Waals surface area contributed by atoms with Gasteiger partial charge in [-0.25, -0.2) is 4.79 Å². The molecule has 3 amide bonds. The summed E-state index contributed by atoms with van der Waals surface area (Å²) in [5, 5.41) is 2.99. The first-order valence-corrected chi connectivity index (χ1v) is 13.1. The molecule has 0 atom stereocenters. The molecule has 6 nitrogen and oxygen atoms in total. The predicted octanol–water partition coefficient (Wildman–Crippen LogP) is 5.42. The van der Waals surface area contributed by atoms with Gasteiger partial charge in [0.2, 0.25) is 5.91 Å². The molecule has 1 aromatic heterocycles. The molecule has 34 heavy (non-hydrogen) atoms. The summed E-state index contributed by atoms with van der Waals surface area (Å²) < 4.78 is 2.24. The van der Waals surface area contributed by atoms with Crippen LogP contribution in [0.5, 0.6) is 0 Å². The van der Waals surface area contributed by atoms with E-state index in [-0.39, 0.29) is 24.5 Å². The van der Waals surface area contributed by atoms with Gasteiger partial charge in [-0.15, -0.1) is 0 Å². The van der Waals surface area contributed by atoms with Crippen molar-refractivity contribution in [3.8, 4) is 0 Å². The van der Waals surface area contributed by atoms with E-state index in [1.165, 1.54) is 12.0 Å². The van der Waals surface area contributed by atoms with Gasteiger partial charge in [0.1, 0.15) is 6.54 Å². The Morgan fingerprint density at radius 1 is 1.00 bits per heavy atom. The fourth-order valence-corrected chi connectivity index (χ4v) is 4.78. The van der Waals surface area contributed by atoms with Crippen molar-refractivity contribution in [3.05, 3.63) is 59.9 Å². The summed E-state index contributed by atoms with van der Waals surface area (Å²) in [6.07, 6.45) is 10.6. The fraction of sp³-hybridized carbons (Fsp3) is 0.571. The van der Waals surface area contributed by atoms with Crippen LogP contribution in [-0.4, -0.2) is 52.0 Å². The molecule has 0 aliphatic heterocycles. The van der Waals surface area contributed by atoms with Crippen molar-refractivity contribution in [2.24, 2.45) is 0 Å². The van der Waals surface area contributed by atoms with E-state index in [1.54, 1.807) is 4.90 Å². The summed E-state index contributed by atoms with van der Waals surface area (Å²) in [6, 6.07) is 14.7. The molecule has 6 heteroatoms. The number of aromatic nitrogens is 1. The number of hydrogen-bond acceptors (Lipinski definition) is 2.